The van der Waals surface area contributed by atoms with E-state index in [1.807, 2.05) is 6.92 Å². The number of nitrogens with one attached hydrogen (secondary N) is 3. The number of anilines is 3. The fourth-order valence-corrected chi connectivity index (χ4v) is 3.22. The van der Waals surface area contributed by atoms with Gasteiger partial charge in [0.2, 0.25) is 5.91 Å². The molecule has 0 aliphatic rings. The zero-order valence-electron chi connectivity index (χ0n) is 14.8. The zero-order chi connectivity index (χ0) is 20.1. The van der Waals surface area contributed by atoms with E-state index in [-0.39, 0.29) is 18.1 Å². The van der Waals surface area contributed by atoms with Crippen LogP contribution in [0.15, 0.2) is 47.8 Å². The second kappa shape index (κ2) is 8.81. The van der Waals surface area contributed by atoms with Crippen LogP contribution in [0.25, 0.3) is 0 Å². The summed E-state index contributed by atoms with van der Waals surface area (Å²) in [6.45, 7) is 1.82. The third-order valence-electron chi connectivity index (χ3n) is 3.76. The molecule has 0 saturated carbocycles. The molecule has 0 spiro atoms. The van der Waals surface area contributed by atoms with Crippen molar-refractivity contribution in [1.82, 2.24) is 4.98 Å². The van der Waals surface area contributed by atoms with Gasteiger partial charge in [0.15, 0.2) is 5.13 Å². The molecule has 3 aromatic rings. The lowest BCUT2D eigenvalue weighted by atomic mass is 10.2. The van der Waals surface area contributed by atoms with Gasteiger partial charge in [-0.25, -0.2) is 14.2 Å². The maximum Gasteiger partial charge on any atom is 0.325 e. The van der Waals surface area contributed by atoms with E-state index in [1.54, 1.807) is 23.6 Å². The average Bonchev–Trinajstić information content (AvgIpc) is 3.07. The summed E-state index contributed by atoms with van der Waals surface area (Å²) in [5.74, 6) is -0.625. The Bertz CT molecular complexity index is 1010. The van der Waals surface area contributed by atoms with E-state index in [9.17, 15) is 14.0 Å². The molecule has 0 unspecified atom stereocenters. The molecule has 0 radical (unpaired) electrons. The minimum Gasteiger partial charge on any atom is -0.325 e. The van der Waals surface area contributed by atoms with E-state index in [2.05, 4.69) is 20.9 Å². The Kier molecular flexibility index (Phi) is 6.23. The van der Waals surface area contributed by atoms with Crippen LogP contribution >= 0.6 is 22.9 Å². The van der Waals surface area contributed by atoms with Gasteiger partial charge in [0.1, 0.15) is 5.82 Å². The first-order valence-electron chi connectivity index (χ1n) is 8.23. The predicted octanol–water partition coefficient (Wildman–Crippen LogP) is 5.07. The molecule has 0 fully saturated rings. The number of thiazole rings is 1. The van der Waals surface area contributed by atoms with E-state index in [1.165, 1.54) is 35.6 Å². The van der Waals surface area contributed by atoms with Crippen LogP contribution in [0.5, 0.6) is 0 Å². The molecule has 6 nitrogen and oxygen atoms in total. The Hall–Kier alpha value is -2.97. The molecular weight excluding hydrogens is 403 g/mol. The number of hydrogen-bond donors (Lipinski definition) is 3. The molecule has 3 amide bonds. The van der Waals surface area contributed by atoms with Crippen LogP contribution in [0.2, 0.25) is 5.02 Å². The Morgan fingerprint density at radius 1 is 1.11 bits per heavy atom. The van der Waals surface area contributed by atoms with Crippen LogP contribution in [-0.4, -0.2) is 16.9 Å². The van der Waals surface area contributed by atoms with Crippen molar-refractivity contribution in [2.45, 2.75) is 13.3 Å². The molecule has 144 valence electrons. The summed E-state index contributed by atoms with van der Waals surface area (Å²) in [7, 11) is 0. The van der Waals surface area contributed by atoms with Gasteiger partial charge in [-0.1, -0.05) is 17.7 Å². The molecule has 0 aliphatic heterocycles. The van der Waals surface area contributed by atoms with Gasteiger partial charge < -0.3 is 10.6 Å². The van der Waals surface area contributed by atoms with Crippen LogP contribution in [0.4, 0.5) is 25.7 Å². The SMILES string of the molecule is Cc1c(Cl)cccc1NC(=O)Cc1csc(NC(=O)Nc2ccc(F)cc2)n1. The van der Waals surface area contributed by atoms with E-state index in [4.69, 9.17) is 11.6 Å². The van der Waals surface area contributed by atoms with Gasteiger partial charge in [0.05, 0.1) is 12.1 Å². The number of carbonyl (C=O) groups excluding carboxylic acids is 2. The molecular formula is C19H16ClFN4O2S. The van der Waals surface area contributed by atoms with Gasteiger partial charge in [0.25, 0.3) is 0 Å². The minimum absolute atomic E-state index is 0.0592. The van der Waals surface area contributed by atoms with Crippen molar-refractivity contribution in [2.24, 2.45) is 0 Å². The number of urea groups is 1. The fourth-order valence-electron chi connectivity index (χ4n) is 2.34. The summed E-state index contributed by atoms with van der Waals surface area (Å²) in [6.07, 6.45) is 0.0592. The maximum atomic E-state index is 12.9. The number of nitrogens with zero attached hydrogens (tertiary/aromatic N) is 1. The normalized spacial score (nSPS) is 10.4. The lowest BCUT2D eigenvalue weighted by molar-refractivity contribution is -0.115. The first kappa shape index (κ1) is 19.8. The number of rotatable bonds is 5. The van der Waals surface area contributed by atoms with Crippen LogP contribution in [0, 0.1) is 12.7 Å². The molecule has 0 atom stereocenters. The Labute approximate surface area is 169 Å². The Balaban J connectivity index is 1.54. The Morgan fingerprint density at radius 3 is 2.61 bits per heavy atom. The number of aromatic nitrogens is 1. The smallest absolute Gasteiger partial charge is 0.325 e. The number of benzene rings is 2. The van der Waals surface area contributed by atoms with E-state index < -0.39 is 6.03 Å². The first-order valence-corrected chi connectivity index (χ1v) is 9.49. The highest BCUT2D eigenvalue weighted by Gasteiger charge is 2.12. The van der Waals surface area contributed by atoms with Crippen LogP contribution in [0.1, 0.15) is 11.3 Å². The lowest BCUT2D eigenvalue weighted by Crippen LogP contribution is -2.19. The third kappa shape index (κ3) is 5.28. The molecule has 1 aromatic heterocycles. The molecule has 9 heteroatoms. The quantitative estimate of drug-likeness (QED) is 0.541. The van der Waals surface area contributed by atoms with Crippen molar-refractivity contribution in [3.05, 3.63) is 69.9 Å². The van der Waals surface area contributed by atoms with E-state index in [0.29, 0.717) is 27.2 Å². The predicted molar refractivity (Wildman–Crippen MR) is 110 cm³/mol. The van der Waals surface area contributed by atoms with Crippen molar-refractivity contribution < 1.29 is 14.0 Å². The topological polar surface area (TPSA) is 83.1 Å². The minimum atomic E-state index is -0.508. The highest BCUT2D eigenvalue weighted by atomic mass is 35.5. The summed E-state index contributed by atoms with van der Waals surface area (Å²) in [5.41, 5.74) is 2.41. The average molecular weight is 419 g/mol. The van der Waals surface area contributed by atoms with Gasteiger partial charge in [-0.05, 0) is 48.9 Å². The number of carbonyl (C=O) groups is 2. The van der Waals surface area contributed by atoms with Crippen molar-refractivity contribution in [3.8, 4) is 0 Å². The number of halogens is 2. The van der Waals surface area contributed by atoms with Crippen LogP contribution < -0.4 is 16.0 Å². The van der Waals surface area contributed by atoms with Gasteiger partial charge in [0, 0.05) is 21.8 Å². The van der Waals surface area contributed by atoms with Gasteiger partial charge >= 0.3 is 6.03 Å². The van der Waals surface area contributed by atoms with Crippen LogP contribution in [-0.2, 0) is 11.2 Å². The Morgan fingerprint density at radius 2 is 1.86 bits per heavy atom. The number of amides is 3. The maximum absolute atomic E-state index is 12.9. The second-order valence-electron chi connectivity index (χ2n) is 5.87. The molecule has 0 aliphatic carbocycles. The van der Waals surface area contributed by atoms with Crippen molar-refractivity contribution in [1.29, 1.82) is 0 Å². The van der Waals surface area contributed by atoms with Crippen molar-refractivity contribution in [3.63, 3.8) is 0 Å². The molecule has 1 heterocycles. The van der Waals surface area contributed by atoms with Crippen LogP contribution in [0.3, 0.4) is 0 Å². The summed E-state index contributed by atoms with van der Waals surface area (Å²) < 4.78 is 12.9. The summed E-state index contributed by atoms with van der Waals surface area (Å²) in [5, 5.41) is 10.6. The van der Waals surface area contributed by atoms with Gasteiger partial charge in [-0.15, -0.1) is 11.3 Å². The largest absolute Gasteiger partial charge is 0.325 e. The summed E-state index contributed by atoms with van der Waals surface area (Å²) >= 11 is 7.25. The fraction of sp³-hybridized carbons (Fsp3) is 0.105. The van der Waals surface area contributed by atoms with E-state index in [0.717, 1.165) is 5.56 Å². The van der Waals surface area contributed by atoms with Gasteiger partial charge in [-0.2, -0.15) is 0 Å². The molecule has 28 heavy (non-hydrogen) atoms. The number of hydrogen-bond acceptors (Lipinski definition) is 4. The highest BCUT2D eigenvalue weighted by Crippen LogP contribution is 2.23. The summed E-state index contributed by atoms with van der Waals surface area (Å²) in [4.78, 5) is 28.4. The summed E-state index contributed by atoms with van der Waals surface area (Å²) in [6, 6.07) is 10.2. The van der Waals surface area contributed by atoms with E-state index >= 15 is 0 Å². The molecule has 3 N–H and O–H groups in total. The molecule has 3 rings (SSSR count). The second-order valence-corrected chi connectivity index (χ2v) is 7.13. The van der Waals surface area contributed by atoms with Crippen molar-refractivity contribution in [2.75, 3.05) is 16.0 Å². The zero-order valence-corrected chi connectivity index (χ0v) is 16.3. The lowest BCUT2D eigenvalue weighted by Gasteiger charge is -2.08. The third-order valence-corrected chi connectivity index (χ3v) is 4.97. The molecule has 0 saturated heterocycles. The van der Waals surface area contributed by atoms with Crippen molar-refractivity contribution >= 4 is 51.4 Å². The molecule has 2 aromatic carbocycles. The highest BCUT2D eigenvalue weighted by molar-refractivity contribution is 7.14. The standard InChI is InChI=1S/C19H16ClFN4O2S/c1-11-15(20)3-2-4-16(11)24-17(26)9-14-10-28-19(23-14)25-18(27)22-13-7-5-12(21)6-8-13/h2-8,10H,9H2,1H3,(H,24,26)(H2,22,23,25,27). The molecule has 0 bridgehead atoms. The first-order chi connectivity index (χ1) is 13.4. The monoisotopic (exact) mass is 418 g/mol. The van der Waals surface area contributed by atoms with Gasteiger partial charge in [-0.3, -0.25) is 10.1 Å².